The summed E-state index contributed by atoms with van der Waals surface area (Å²) in [5, 5.41) is 9.66. The Hall–Kier alpha value is -2.07. The van der Waals surface area contributed by atoms with Crippen molar-refractivity contribution >= 4 is 0 Å². The molecular formula is C16H17FO3. The standard InChI is InChI=1S/C16H17FO3/c1-3-19-12-6-4-7-13(10-12)20-15-9-5-8-14(17)16(15)11(2)18/h4-11,18H,3H2,1-2H3. The minimum atomic E-state index is -0.943. The van der Waals surface area contributed by atoms with Crippen molar-refractivity contribution in [1.29, 1.82) is 0 Å². The summed E-state index contributed by atoms with van der Waals surface area (Å²) in [6, 6.07) is 11.5. The third kappa shape index (κ3) is 3.27. The van der Waals surface area contributed by atoms with E-state index in [4.69, 9.17) is 9.47 Å². The van der Waals surface area contributed by atoms with Crippen molar-refractivity contribution in [1.82, 2.24) is 0 Å². The zero-order valence-electron chi connectivity index (χ0n) is 11.5. The predicted octanol–water partition coefficient (Wildman–Crippen LogP) is 4.07. The highest BCUT2D eigenvalue weighted by Gasteiger charge is 2.15. The number of halogens is 1. The summed E-state index contributed by atoms with van der Waals surface area (Å²) in [4.78, 5) is 0. The topological polar surface area (TPSA) is 38.7 Å². The van der Waals surface area contributed by atoms with Gasteiger partial charge in [0.1, 0.15) is 23.1 Å². The molecule has 0 bridgehead atoms. The van der Waals surface area contributed by atoms with Gasteiger partial charge in [-0.15, -0.1) is 0 Å². The quantitative estimate of drug-likeness (QED) is 0.894. The van der Waals surface area contributed by atoms with E-state index >= 15 is 0 Å². The van der Waals surface area contributed by atoms with Crippen LogP contribution in [0.3, 0.4) is 0 Å². The van der Waals surface area contributed by atoms with Crippen LogP contribution in [0.15, 0.2) is 42.5 Å². The molecule has 4 heteroatoms. The molecule has 0 saturated heterocycles. The summed E-state index contributed by atoms with van der Waals surface area (Å²) in [6.07, 6.45) is -0.943. The fraction of sp³-hybridized carbons (Fsp3) is 0.250. The van der Waals surface area contributed by atoms with Crippen molar-refractivity contribution in [2.24, 2.45) is 0 Å². The number of hydrogen-bond acceptors (Lipinski definition) is 3. The molecule has 0 aliphatic carbocycles. The Bertz CT molecular complexity index is 582. The SMILES string of the molecule is CCOc1cccc(Oc2cccc(F)c2C(C)O)c1. The van der Waals surface area contributed by atoms with E-state index in [0.717, 1.165) is 0 Å². The molecule has 0 heterocycles. The highest BCUT2D eigenvalue weighted by Crippen LogP contribution is 2.32. The van der Waals surface area contributed by atoms with Gasteiger partial charge < -0.3 is 14.6 Å². The summed E-state index contributed by atoms with van der Waals surface area (Å²) in [5.41, 5.74) is 0.148. The average molecular weight is 276 g/mol. The molecule has 3 nitrogen and oxygen atoms in total. The molecule has 1 N–H and O–H groups in total. The van der Waals surface area contributed by atoms with Gasteiger partial charge in [-0.1, -0.05) is 12.1 Å². The lowest BCUT2D eigenvalue weighted by Gasteiger charge is -2.14. The van der Waals surface area contributed by atoms with Crippen LogP contribution < -0.4 is 9.47 Å². The highest BCUT2D eigenvalue weighted by molar-refractivity contribution is 5.41. The van der Waals surface area contributed by atoms with E-state index in [1.165, 1.54) is 13.0 Å². The molecule has 0 radical (unpaired) electrons. The van der Waals surface area contributed by atoms with Gasteiger partial charge in [-0.05, 0) is 38.1 Å². The fourth-order valence-electron chi connectivity index (χ4n) is 1.93. The van der Waals surface area contributed by atoms with Crippen LogP contribution in [0.4, 0.5) is 4.39 Å². The van der Waals surface area contributed by atoms with Gasteiger partial charge in [-0.25, -0.2) is 4.39 Å². The molecule has 0 aromatic heterocycles. The number of ether oxygens (including phenoxy) is 2. The van der Waals surface area contributed by atoms with E-state index in [1.54, 1.807) is 30.3 Å². The van der Waals surface area contributed by atoms with Crippen LogP contribution >= 0.6 is 0 Å². The van der Waals surface area contributed by atoms with Crippen LogP contribution in [0, 0.1) is 5.82 Å². The van der Waals surface area contributed by atoms with Crippen molar-refractivity contribution in [2.45, 2.75) is 20.0 Å². The first-order valence-electron chi connectivity index (χ1n) is 6.49. The molecule has 2 aromatic carbocycles. The van der Waals surface area contributed by atoms with E-state index in [2.05, 4.69) is 0 Å². The molecule has 0 saturated carbocycles. The van der Waals surface area contributed by atoms with Gasteiger partial charge in [-0.3, -0.25) is 0 Å². The number of hydrogen-bond donors (Lipinski definition) is 1. The zero-order valence-corrected chi connectivity index (χ0v) is 11.5. The summed E-state index contributed by atoms with van der Waals surface area (Å²) >= 11 is 0. The second-order valence-electron chi connectivity index (χ2n) is 4.34. The van der Waals surface area contributed by atoms with Crippen LogP contribution in [-0.2, 0) is 0 Å². The van der Waals surface area contributed by atoms with E-state index in [9.17, 15) is 9.50 Å². The van der Waals surface area contributed by atoms with Crippen molar-refractivity contribution in [3.05, 3.63) is 53.8 Å². The molecule has 0 amide bonds. The highest BCUT2D eigenvalue weighted by atomic mass is 19.1. The Morgan fingerprint density at radius 3 is 2.55 bits per heavy atom. The Kier molecular flexibility index (Phi) is 4.58. The fourth-order valence-corrected chi connectivity index (χ4v) is 1.93. The maximum absolute atomic E-state index is 13.7. The first-order valence-corrected chi connectivity index (χ1v) is 6.49. The van der Waals surface area contributed by atoms with Crippen molar-refractivity contribution < 1.29 is 19.0 Å². The van der Waals surface area contributed by atoms with Gasteiger partial charge in [0.2, 0.25) is 0 Å². The second kappa shape index (κ2) is 6.39. The molecule has 2 aromatic rings. The van der Waals surface area contributed by atoms with Crippen molar-refractivity contribution in [3.63, 3.8) is 0 Å². The maximum Gasteiger partial charge on any atom is 0.136 e. The normalized spacial score (nSPS) is 12.0. The molecule has 0 aliphatic rings. The summed E-state index contributed by atoms with van der Waals surface area (Å²) in [6.45, 7) is 3.95. The van der Waals surface area contributed by atoms with Crippen LogP contribution in [0.5, 0.6) is 17.2 Å². The van der Waals surface area contributed by atoms with Crippen LogP contribution in [0.2, 0.25) is 0 Å². The summed E-state index contributed by atoms with van der Waals surface area (Å²) < 4.78 is 24.8. The molecule has 0 spiro atoms. The zero-order chi connectivity index (χ0) is 14.5. The Morgan fingerprint density at radius 1 is 1.15 bits per heavy atom. The molecule has 2 rings (SSSR count). The third-order valence-corrected chi connectivity index (χ3v) is 2.78. The minimum absolute atomic E-state index is 0.148. The van der Waals surface area contributed by atoms with Gasteiger partial charge >= 0.3 is 0 Å². The minimum Gasteiger partial charge on any atom is -0.494 e. The van der Waals surface area contributed by atoms with Gasteiger partial charge in [0.25, 0.3) is 0 Å². The number of benzene rings is 2. The first kappa shape index (κ1) is 14.3. The lowest BCUT2D eigenvalue weighted by Crippen LogP contribution is -2.00. The molecule has 0 fully saturated rings. The Morgan fingerprint density at radius 2 is 1.85 bits per heavy atom. The number of aliphatic hydroxyl groups is 1. The second-order valence-corrected chi connectivity index (χ2v) is 4.34. The van der Waals surface area contributed by atoms with Gasteiger partial charge in [0, 0.05) is 6.07 Å². The van der Waals surface area contributed by atoms with Gasteiger partial charge in [-0.2, -0.15) is 0 Å². The van der Waals surface area contributed by atoms with E-state index in [1.807, 2.05) is 13.0 Å². The molecule has 1 atom stereocenters. The van der Waals surface area contributed by atoms with Crippen LogP contribution in [0.25, 0.3) is 0 Å². The van der Waals surface area contributed by atoms with Crippen molar-refractivity contribution in [2.75, 3.05) is 6.61 Å². The molecule has 106 valence electrons. The largest absolute Gasteiger partial charge is 0.494 e. The van der Waals surface area contributed by atoms with Crippen LogP contribution in [0.1, 0.15) is 25.5 Å². The molecule has 1 unspecified atom stereocenters. The maximum atomic E-state index is 13.7. The lowest BCUT2D eigenvalue weighted by atomic mass is 10.1. The first-order chi connectivity index (χ1) is 9.61. The van der Waals surface area contributed by atoms with Crippen molar-refractivity contribution in [3.8, 4) is 17.2 Å². The summed E-state index contributed by atoms with van der Waals surface area (Å²) in [7, 11) is 0. The van der Waals surface area contributed by atoms with E-state index in [0.29, 0.717) is 23.9 Å². The number of aliphatic hydroxyl groups excluding tert-OH is 1. The molecule has 20 heavy (non-hydrogen) atoms. The average Bonchev–Trinajstić information content (AvgIpc) is 2.39. The Labute approximate surface area is 117 Å². The lowest BCUT2D eigenvalue weighted by molar-refractivity contribution is 0.190. The van der Waals surface area contributed by atoms with Gasteiger partial charge in [0.15, 0.2) is 0 Å². The summed E-state index contributed by atoms with van der Waals surface area (Å²) in [5.74, 6) is 1.02. The van der Waals surface area contributed by atoms with E-state index in [-0.39, 0.29) is 5.56 Å². The Balaban J connectivity index is 2.30. The smallest absolute Gasteiger partial charge is 0.136 e. The van der Waals surface area contributed by atoms with E-state index < -0.39 is 11.9 Å². The molecule has 0 aliphatic heterocycles. The van der Waals surface area contributed by atoms with Crippen LogP contribution in [-0.4, -0.2) is 11.7 Å². The monoisotopic (exact) mass is 276 g/mol. The van der Waals surface area contributed by atoms with Gasteiger partial charge in [0.05, 0.1) is 18.3 Å². The number of rotatable bonds is 5. The molecular weight excluding hydrogens is 259 g/mol. The third-order valence-electron chi connectivity index (χ3n) is 2.78. The predicted molar refractivity (Wildman–Crippen MR) is 74.7 cm³/mol.